The van der Waals surface area contributed by atoms with E-state index in [0.717, 1.165) is 18.8 Å². The van der Waals surface area contributed by atoms with Crippen molar-refractivity contribution in [1.29, 1.82) is 0 Å². The number of nitrogens with one attached hydrogen (secondary N) is 1. The summed E-state index contributed by atoms with van der Waals surface area (Å²) in [7, 11) is 5.77. The summed E-state index contributed by atoms with van der Waals surface area (Å²) in [6.07, 6.45) is 0. The molecule has 6 heteroatoms. The number of aromatic nitrogens is 2. The van der Waals surface area contributed by atoms with E-state index in [1.165, 1.54) is 0 Å². The molecular formula is C17H23N5O. The average molecular weight is 313 g/mol. The molecule has 0 saturated heterocycles. The molecule has 23 heavy (non-hydrogen) atoms. The van der Waals surface area contributed by atoms with Crippen LogP contribution in [0.1, 0.15) is 16.3 Å². The molecule has 0 bridgehead atoms. The van der Waals surface area contributed by atoms with Gasteiger partial charge in [0, 0.05) is 31.9 Å². The highest BCUT2D eigenvalue weighted by Crippen LogP contribution is 2.15. The highest BCUT2D eigenvalue weighted by Gasteiger charge is 2.16. The first-order chi connectivity index (χ1) is 11.0. The topological polar surface area (TPSA) is 61.4 Å². The third-order valence-electron chi connectivity index (χ3n) is 3.37. The van der Waals surface area contributed by atoms with E-state index in [1.807, 2.05) is 44.4 Å². The van der Waals surface area contributed by atoms with E-state index >= 15 is 0 Å². The Labute approximate surface area is 137 Å². The molecule has 1 heterocycles. The van der Waals surface area contributed by atoms with Gasteiger partial charge in [-0.2, -0.15) is 0 Å². The van der Waals surface area contributed by atoms with E-state index in [0.29, 0.717) is 17.3 Å². The minimum atomic E-state index is -0.155. The standard InChI is InChI=1S/C17H23N5O/c1-13-19-15(12-16(20-13)18-10-11-21(2)3)17(23)22(4)14-8-6-5-7-9-14/h5-9,12H,10-11H2,1-4H3,(H,18,19,20). The third kappa shape index (κ3) is 4.75. The van der Waals surface area contributed by atoms with Crippen LogP contribution in [0.4, 0.5) is 11.5 Å². The molecule has 0 aliphatic rings. The zero-order valence-electron chi connectivity index (χ0n) is 14.1. The lowest BCUT2D eigenvalue weighted by Gasteiger charge is -2.17. The predicted molar refractivity (Wildman–Crippen MR) is 93.0 cm³/mol. The zero-order valence-corrected chi connectivity index (χ0v) is 14.1. The molecule has 1 aromatic heterocycles. The molecule has 0 saturated carbocycles. The molecule has 122 valence electrons. The lowest BCUT2D eigenvalue weighted by atomic mass is 10.2. The smallest absolute Gasteiger partial charge is 0.276 e. The molecule has 2 rings (SSSR count). The van der Waals surface area contributed by atoms with Crippen LogP contribution in [-0.2, 0) is 0 Å². The third-order valence-corrected chi connectivity index (χ3v) is 3.37. The van der Waals surface area contributed by atoms with Crippen molar-refractivity contribution in [3.63, 3.8) is 0 Å². The Morgan fingerprint density at radius 3 is 2.48 bits per heavy atom. The predicted octanol–water partition coefficient (Wildman–Crippen LogP) is 2.04. The summed E-state index contributed by atoms with van der Waals surface area (Å²) in [5.74, 6) is 1.09. The molecule has 0 radical (unpaired) electrons. The summed E-state index contributed by atoms with van der Waals surface area (Å²) in [6.45, 7) is 3.43. The van der Waals surface area contributed by atoms with Crippen LogP contribution < -0.4 is 10.2 Å². The zero-order chi connectivity index (χ0) is 16.8. The Bertz CT molecular complexity index is 657. The Morgan fingerprint density at radius 2 is 1.83 bits per heavy atom. The number of hydrogen-bond acceptors (Lipinski definition) is 5. The average Bonchev–Trinajstić information content (AvgIpc) is 2.53. The number of likely N-dealkylation sites (N-methyl/N-ethyl adjacent to an activating group) is 1. The summed E-state index contributed by atoms with van der Waals surface area (Å²) >= 11 is 0. The normalized spacial score (nSPS) is 10.7. The first-order valence-corrected chi connectivity index (χ1v) is 7.55. The van der Waals surface area contributed by atoms with E-state index in [4.69, 9.17) is 0 Å². The summed E-state index contributed by atoms with van der Waals surface area (Å²) < 4.78 is 0. The first-order valence-electron chi connectivity index (χ1n) is 7.55. The van der Waals surface area contributed by atoms with Crippen LogP contribution in [0.5, 0.6) is 0 Å². The highest BCUT2D eigenvalue weighted by atomic mass is 16.2. The molecule has 0 unspecified atom stereocenters. The highest BCUT2D eigenvalue weighted by molar-refractivity contribution is 6.04. The van der Waals surface area contributed by atoms with Gasteiger partial charge in [-0.3, -0.25) is 4.79 Å². The first kappa shape index (κ1) is 16.9. The number of carbonyl (C=O) groups excluding carboxylic acids is 1. The van der Waals surface area contributed by atoms with E-state index in [9.17, 15) is 4.79 Å². The fraction of sp³-hybridized carbons (Fsp3) is 0.353. The molecule has 2 aromatic rings. The molecule has 1 amide bonds. The van der Waals surface area contributed by atoms with Crippen molar-refractivity contribution in [2.75, 3.05) is 44.4 Å². The van der Waals surface area contributed by atoms with Crippen LogP contribution in [0, 0.1) is 6.92 Å². The second-order valence-corrected chi connectivity index (χ2v) is 5.62. The maximum Gasteiger partial charge on any atom is 0.276 e. The number of aryl methyl sites for hydroxylation is 1. The summed E-state index contributed by atoms with van der Waals surface area (Å²) in [5, 5.41) is 3.23. The Hall–Kier alpha value is -2.47. The van der Waals surface area contributed by atoms with Gasteiger partial charge >= 0.3 is 0 Å². The van der Waals surface area contributed by atoms with Gasteiger partial charge in [0.2, 0.25) is 0 Å². The van der Waals surface area contributed by atoms with Gasteiger partial charge in [-0.1, -0.05) is 18.2 Å². The Morgan fingerprint density at radius 1 is 1.13 bits per heavy atom. The van der Waals surface area contributed by atoms with Crippen molar-refractivity contribution in [1.82, 2.24) is 14.9 Å². The van der Waals surface area contributed by atoms with Crippen molar-refractivity contribution in [3.05, 3.63) is 47.9 Å². The number of rotatable bonds is 6. The fourth-order valence-electron chi connectivity index (χ4n) is 2.12. The number of para-hydroxylation sites is 1. The molecule has 0 fully saturated rings. The van der Waals surface area contributed by atoms with Gasteiger partial charge in [0.1, 0.15) is 17.3 Å². The van der Waals surface area contributed by atoms with E-state index in [1.54, 1.807) is 24.9 Å². The van der Waals surface area contributed by atoms with Crippen LogP contribution in [0.15, 0.2) is 36.4 Å². The Kier molecular flexibility index (Phi) is 5.65. The lowest BCUT2D eigenvalue weighted by Crippen LogP contribution is -2.28. The quantitative estimate of drug-likeness (QED) is 0.884. The maximum atomic E-state index is 12.6. The summed E-state index contributed by atoms with van der Waals surface area (Å²) in [6, 6.07) is 11.2. The van der Waals surface area contributed by atoms with Crippen LogP contribution in [0.25, 0.3) is 0 Å². The van der Waals surface area contributed by atoms with Crippen molar-refractivity contribution < 1.29 is 4.79 Å². The molecule has 0 atom stereocenters. The van der Waals surface area contributed by atoms with Gasteiger partial charge in [-0.25, -0.2) is 9.97 Å². The van der Waals surface area contributed by atoms with Gasteiger partial charge in [0.15, 0.2) is 0 Å². The van der Waals surface area contributed by atoms with Gasteiger partial charge < -0.3 is 15.1 Å². The van der Waals surface area contributed by atoms with Crippen molar-refractivity contribution in [2.45, 2.75) is 6.92 Å². The second-order valence-electron chi connectivity index (χ2n) is 5.62. The minimum absolute atomic E-state index is 0.155. The number of hydrogen-bond donors (Lipinski definition) is 1. The minimum Gasteiger partial charge on any atom is -0.369 e. The van der Waals surface area contributed by atoms with E-state index < -0.39 is 0 Å². The van der Waals surface area contributed by atoms with Crippen molar-refractivity contribution >= 4 is 17.4 Å². The van der Waals surface area contributed by atoms with E-state index in [-0.39, 0.29) is 5.91 Å². The summed E-state index contributed by atoms with van der Waals surface area (Å²) in [4.78, 5) is 24.9. The van der Waals surface area contributed by atoms with Gasteiger partial charge in [-0.05, 0) is 33.2 Å². The van der Waals surface area contributed by atoms with Crippen LogP contribution in [0.2, 0.25) is 0 Å². The fourth-order valence-corrected chi connectivity index (χ4v) is 2.12. The number of anilines is 2. The van der Waals surface area contributed by atoms with Crippen LogP contribution in [-0.4, -0.2) is 55.0 Å². The monoisotopic (exact) mass is 313 g/mol. The van der Waals surface area contributed by atoms with E-state index in [2.05, 4.69) is 20.2 Å². The van der Waals surface area contributed by atoms with Gasteiger partial charge in [0.25, 0.3) is 5.91 Å². The van der Waals surface area contributed by atoms with Crippen LogP contribution >= 0.6 is 0 Å². The molecular weight excluding hydrogens is 290 g/mol. The lowest BCUT2D eigenvalue weighted by molar-refractivity contribution is 0.0988. The van der Waals surface area contributed by atoms with Crippen LogP contribution in [0.3, 0.4) is 0 Å². The van der Waals surface area contributed by atoms with Gasteiger partial charge in [0.05, 0.1) is 0 Å². The Balaban J connectivity index is 2.15. The van der Waals surface area contributed by atoms with Crippen molar-refractivity contribution in [2.24, 2.45) is 0 Å². The second kappa shape index (κ2) is 7.69. The largest absolute Gasteiger partial charge is 0.369 e. The molecule has 0 spiro atoms. The summed E-state index contributed by atoms with van der Waals surface area (Å²) in [5.41, 5.74) is 1.21. The van der Waals surface area contributed by atoms with Gasteiger partial charge in [-0.15, -0.1) is 0 Å². The maximum absolute atomic E-state index is 12.6. The molecule has 1 aromatic carbocycles. The molecule has 0 aliphatic carbocycles. The number of benzene rings is 1. The van der Waals surface area contributed by atoms with Crippen molar-refractivity contribution in [3.8, 4) is 0 Å². The molecule has 6 nitrogen and oxygen atoms in total. The number of amides is 1. The molecule has 1 N–H and O–H groups in total. The SMILES string of the molecule is Cc1nc(NCCN(C)C)cc(C(=O)N(C)c2ccccc2)n1. The number of nitrogens with zero attached hydrogens (tertiary/aromatic N) is 4. The number of carbonyl (C=O) groups is 1. The molecule has 0 aliphatic heterocycles.